The third-order valence-electron chi connectivity index (χ3n) is 7.47. The van der Waals surface area contributed by atoms with E-state index in [0.29, 0.717) is 18.3 Å². The van der Waals surface area contributed by atoms with Gasteiger partial charge in [0.05, 0.1) is 36.7 Å². The molecule has 2 saturated heterocycles. The number of hydrogen-bond donors (Lipinski definition) is 1. The summed E-state index contributed by atoms with van der Waals surface area (Å²) in [6, 6.07) is 2.54. The van der Waals surface area contributed by atoms with Crippen LogP contribution in [0, 0.1) is 5.92 Å². The van der Waals surface area contributed by atoms with Gasteiger partial charge in [-0.15, -0.1) is 0 Å². The minimum Gasteiger partial charge on any atom is -0.378 e. The lowest BCUT2D eigenvalue weighted by molar-refractivity contribution is 0.0989. The van der Waals surface area contributed by atoms with E-state index in [-0.39, 0.29) is 17.8 Å². The van der Waals surface area contributed by atoms with Crippen molar-refractivity contribution in [1.82, 2.24) is 24.4 Å². The largest absolute Gasteiger partial charge is 0.378 e. The average molecular weight is 583 g/mol. The molecule has 6 rings (SSSR count). The molecular weight excluding hydrogens is 555 g/mol. The molecule has 11 heteroatoms. The summed E-state index contributed by atoms with van der Waals surface area (Å²) in [7, 11) is 0. The van der Waals surface area contributed by atoms with Crippen molar-refractivity contribution in [3.63, 3.8) is 0 Å². The summed E-state index contributed by atoms with van der Waals surface area (Å²) in [6.07, 6.45) is 8.33. The van der Waals surface area contributed by atoms with Crippen LogP contribution in [0.25, 0.3) is 5.65 Å². The Bertz CT molecular complexity index is 1160. The third-order valence-corrected chi connectivity index (χ3v) is 8.71. The molecule has 5 heterocycles. The van der Waals surface area contributed by atoms with E-state index in [9.17, 15) is 8.78 Å². The third kappa shape index (κ3) is 4.14. The molecule has 1 aliphatic carbocycles. The highest BCUT2D eigenvalue weighted by Crippen LogP contribution is 2.36. The van der Waals surface area contributed by atoms with Gasteiger partial charge in [0.2, 0.25) is 0 Å². The second-order valence-electron chi connectivity index (χ2n) is 9.61. The number of rotatable bonds is 7. The average Bonchev–Trinajstić information content (AvgIpc) is 3.65. The van der Waals surface area contributed by atoms with Crippen LogP contribution in [0.2, 0.25) is 0 Å². The molecular formula is C23H28F2IN7O. The van der Waals surface area contributed by atoms with Crippen LogP contribution in [0.4, 0.5) is 20.3 Å². The standard InChI is InChI=1S/C23H28F2IN7O/c24-22(25)21-19(12-33(30-21)16-3-1-14(8-26)2-4-16)27-9-15-10-28-32-6-5-20(29-23(15)32)31-11-18-7-17(31)13-34-18/h5-6,10,12,14,16-18,22,27H,1-4,7-9,11,13H2/t14?,16?,17-,18-/m1/s1. The summed E-state index contributed by atoms with van der Waals surface area (Å²) in [5.41, 5.74) is 1.79. The van der Waals surface area contributed by atoms with E-state index in [2.05, 4.69) is 43.0 Å². The molecule has 182 valence electrons. The monoisotopic (exact) mass is 583 g/mol. The maximum Gasteiger partial charge on any atom is 0.284 e. The van der Waals surface area contributed by atoms with Crippen molar-refractivity contribution in [1.29, 1.82) is 0 Å². The molecule has 2 bridgehead atoms. The molecule has 3 aromatic heterocycles. The highest BCUT2D eigenvalue weighted by Gasteiger charge is 2.39. The molecule has 1 N–H and O–H groups in total. The molecule has 0 amide bonds. The topological polar surface area (TPSA) is 72.5 Å². The number of alkyl halides is 3. The van der Waals surface area contributed by atoms with Crippen LogP contribution in [0.15, 0.2) is 24.7 Å². The van der Waals surface area contributed by atoms with Gasteiger partial charge in [0.15, 0.2) is 11.3 Å². The number of hydrogen-bond acceptors (Lipinski definition) is 6. The Kier molecular flexibility index (Phi) is 6.08. The van der Waals surface area contributed by atoms with Gasteiger partial charge in [-0.1, -0.05) is 22.6 Å². The van der Waals surface area contributed by atoms with E-state index >= 15 is 0 Å². The summed E-state index contributed by atoms with van der Waals surface area (Å²) in [6.45, 7) is 1.94. The summed E-state index contributed by atoms with van der Waals surface area (Å²) < 4.78 is 37.9. The number of ether oxygens (including phenoxy) is 1. The zero-order valence-electron chi connectivity index (χ0n) is 18.8. The second-order valence-corrected chi connectivity index (χ2v) is 10.5. The SMILES string of the molecule is FC(F)c1nn(C2CCC(CI)CC2)cc1NCc1cnn2ccc(N3C[C@H]4C[C@@H]3CO4)nc12. The Morgan fingerprint density at radius 2 is 2.06 bits per heavy atom. The lowest BCUT2D eigenvalue weighted by atomic mass is 9.87. The van der Waals surface area contributed by atoms with Crippen molar-refractivity contribution in [2.45, 2.75) is 63.3 Å². The zero-order valence-corrected chi connectivity index (χ0v) is 20.9. The summed E-state index contributed by atoms with van der Waals surface area (Å²) in [4.78, 5) is 7.16. The van der Waals surface area contributed by atoms with Crippen LogP contribution in [0.3, 0.4) is 0 Å². The molecule has 1 saturated carbocycles. The number of halogens is 3. The minimum absolute atomic E-state index is 0.186. The van der Waals surface area contributed by atoms with Crippen molar-refractivity contribution < 1.29 is 13.5 Å². The van der Waals surface area contributed by atoms with Gasteiger partial charge in [-0.05, 0) is 44.1 Å². The first-order valence-corrected chi connectivity index (χ1v) is 13.5. The van der Waals surface area contributed by atoms with E-state index in [1.165, 1.54) is 0 Å². The van der Waals surface area contributed by atoms with Crippen molar-refractivity contribution in [3.05, 3.63) is 35.9 Å². The molecule has 34 heavy (non-hydrogen) atoms. The predicted octanol–water partition coefficient (Wildman–Crippen LogP) is 4.62. The van der Waals surface area contributed by atoms with E-state index in [0.717, 1.165) is 72.6 Å². The number of morpholine rings is 1. The van der Waals surface area contributed by atoms with Crippen molar-refractivity contribution in [2.24, 2.45) is 5.92 Å². The summed E-state index contributed by atoms with van der Waals surface area (Å²) >= 11 is 2.43. The fourth-order valence-electron chi connectivity index (χ4n) is 5.52. The molecule has 0 spiro atoms. The van der Waals surface area contributed by atoms with Crippen molar-refractivity contribution >= 4 is 39.7 Å². The first-order chi connectivity index (χ1) is 16.6. The number of nitrogens with one attached hydrogen (secondary N) is 1. The second kappa shape index (κ2) is 9.21. The molecule has 0 aromatic carbocycles. The first-order valence-electron chi connectivity index (χ1n) is 12.0. The fraction of sp³-hybridized carbons (Fsp3) is 0.609. The maximum atomic E-state index is 13.8. The Balaban J connectivity index is 1.20. The van der Waals surface area contributed by atoms with Crippen LogP contribution in [0.5, 0.6) is 0 Å². The molecule has 3 aliphatic rings. The summed E-state index contributed by atoms with van der Waals surface area (Å²) in [5, 5.41) is 11.9. The quantitative estimate of drug-likeness (QED) is 0.324. The van der Waals surface area contributed by atoms with Gasteiger partial charge >= 0.3 is 0 Å². The lowest BCUT2D eigenvalue weighted by Gasteiger charge is -2.27. The predicted molar refractivity (Wildman–Crippen MR) is 133 cm³/mol. The number of nitrogens with zero attached hydrogens (tertiary/aromatic N) is 6. The number of fused-ring (bicyclic) bond motifs is 3. The maximum absolute atomic E-state index is 13.8. The van der Waals surface area contributed by atoms with E-state index in [1.807, 2.05) is 12.3 Å². The normalized spacial score (nSPS) is 26.8. The smallest absolute Gasteiger partial charge is 0.284 e. The Morgan fingerprint density at radius 3 is 2.76 bits per heavy atom. The lowest BCUT2D eigenvalue weighted by Crippen LogP contribution is -2.37. The molecule has 3 aromatic rings. The minimum atomic E-state index is -2.63. The van der Waals surface area contributed by atoms with Crippen LogP contribution in [-0.2, 0) is 11.3 Å². The van der Waals surface area contributed by atoms with Gasteiger partial charge in [-0.2, -0.15) is 10.2 Å². The van der Waals surface area contributed by atoms with Crippen LogP contribution >= 0.6 is 22.6 Å². The van der Waals surface area contributed by atoms with Gasteiger partial charge in [0.25, 0.3) is 6.43 Å². The fourth-order valence-corrected chi connectivity index (χ4v) is 6.40. The van der Waals surface area contributed by atoms with E-state index in [1.54, 1.807) is 21.6 Å². The van der Waals surface area contributed by atoms with Crippen molar-refractivity contribution in [3.8, 4) is 0 Å². The Hall–Kier alpha value is -2.02. The van der Waals surface area contributed by atoms with Gasteiger partial charge < -0.3 is 15.0 Å². The highest BCUT2D eigenvalue weighted by molar-refractivity contribution is 14.1. The molecule has 0 unspecified atom stereocenters. The molecule has 8 nitrogen and oxygen atoms in total. The number of anilines is 2. The zero-order chi connectivity index (χ0) is 23.2. The Morgan fingerprint density at radius 1 is 1.21 bits per heavy atom. The summed E-state index contributed by atoms with van der Waals surface area (Å²) in [5.74, 6) is 1.64. The van der Waals surface area contributed by atoms with Crippen LogP contribution < -0.4 is 10.2 Å². The van der Waals surface area contributed by atoms with E-state index < -0.39 is 6.43 Å². The first kappa shape index (κ1) is 22.4. The van der Waals surface area contributed by atoms with Gasteiger partial charge in [0, 0.05) is 35.5 Å². The van der Waals surface area contributed by atoms with Crippen LogP contribution in [-0.4, -0.2) is 54.1 Å². The number of aromatic nitrogens is 5. The van der Waals surface area contributed by atoms with Gasteiger partial charge in [-0.25, -0.2) is 18.3 Å². The van der Waals surface area contributed by atoms with Gasteiger partial charge in [-0.3, -0.25) is 4.68 Å². The Labute approximate surface area is 210 Å². The molecule has 2 atom stereocenters. The molecule has 3 fully saturated rings. The molecule has 0 radical (unpaired) electrons. The van der Waals surface area contributed by atoms with E-state index in [4.69, 9.17) is 9.72 Å². The van der Waals surface area contributed by atoms with Crippen LogP contribution in [0.1, 0.15) is 55.8 Å². The molecule has 2 aliphatic heterocycles. The van der Waals surface area contributed by atoms with Crippen molar-refractivity contribution in [2.75, 3.05) is 27.8 Å². The highest BCUT2D eigenvalue weighted by atomic mass is 127. The van der Waals surface area contributed by atoms with Gasteiger partial charge in [0.1, 0.15) is 5.82 Å².